The molecule has 0 N–H and O–H groups in total. The molecule has 0 radical (unpaired) electrons. The van der Waals surface area contributed by atoms with Gasteiger partial charge in [0.1, 0.15) is 0 Å². The van der Waals surface area contributed by atoms with Crippen LogP contribution in [-0.4, -0.2) is 0 Å². The van der Waals surface area contributed by atoms with Crippen molar-refractivity contribution in [3.05, 3.63) is 47.5 Å². The van der Waals surface area contributed by atoms with Gasteiger partial charge in [-0.15, -0.1) is 0 Å². The zero-order chi connectivity index (χ0) is 14.7. The van der Waals surface area contributed by atoms with Gasteiger partial charge in [-0.05, 0) is 66.0 Å². The maximum absolute atomic E-state index is 8.97. The Bertz CT molecular complexity index is 657. The Morgan fingerprint density at radius 1 is 1.00 bits per heavy atom. The van der Waals surface area contributed by atoms with Crippen LogP contribution in [0.2, 0.25) is 0 Å². The minimum atomic E-state index is 0.734. The fourth-order valence-corrected chi connectivity index (χ4v) is 3.78. The number of nitrogens with zero attached hydrogens (tertiary/aromatic N) is 1. The number of nitriles is 1. The highest BCUT2D eigenvalue weighted by Crippen LogP contribution is 2.38. The lowest BCUT2D eigenvalue weighted by Gasteiger charge is -2.28. The molecule has 0 unspecified atom stereocenters. The van der Waals surface area contributed by atoms with Crippen molar-refractivity contribution >= 4 is 10.8 Å². The minimum Gasteiger partial charge on any atom is -0.192 e. The van der Waals surface area contributed by atoms with Crippen molar-refractivity contribution in [2.24, 2.45) is 5.92 Å². The highest BCUT2D eigenvalue weighted by molar-refractivity contribution is 5.84. The van der Waals surface area contributed by atoms with Crippen molar-refractivity contribution < 1.29 is 0 Å². The van der Waals surface area contributed by atoms with Gasteiger partial charge in [0.2, 0.25) is 0 Å². The lowest BCUT2D eigenvalue weighted by atomic mass is 9.77. The van der Waals surface area contributed by atoms with E-state index in [2.05, 4.69) is 37.3 Å². The first kappa shape index (κ1) is 14.1. The van der Waals surface area contributed by atoms with Crippen LogP contribution in [0.15, 0.2) is 36.4 Å². The summed E-state index contributed by atoms with van der Waals surface area (Å²) in [4.78, 5) is 0. The topological polar surface area (TPSA) is 23.8 Å². The molecular formula is C20H23N. The lowest BCUT2D eigenvalue weighted by Crippen LogP contribution is -2.13. The predicted molar refractivity (Wildman–Crippen MR) is 88.3 cm³/mol. The lowest BCUT2D eigenvalue weighted by molar-refractivity contribution is 0.308. The van der Waals surface area contributed by atoms with Crippen LogP contribution in [0.25, 0.3) is 10.8 Å². The first-order valence-electron chi connectivity index (χ1n) is 8.24. The second kappa shape index (κ2) is 6.31. The summed E-state index contributed by atoms with van der Waals surface area (Å²) in [5.74, 6) is 1.70. The summed E-state index contributed by atoms with van der Waals surface area (Å²) in [5.41, 5.74) is 2.23. The number of fused-ring (bicyclic) bond motifs is 1. The Labute approximate surface area is 127 Å². The third-order valence-corrected chi connectivity index (χ3v) is 5.01. The van der Waals surface area contributed by atoms with Gasteiger partial charge in [-0.2, -0.15) is 5.26 Å². The highest BCUT2D eigenvalue weighted by atomic mass is 14.3. The molecule has 1 aliphatic rings. The molecule has 0 spiro atoms. The van der Waals surface area contributed by atoms with Gasteiger partial charge in [-0.3, -0.25) is 0 Å². The Kier molecular flexibility index (Phi) is 4.25. The summed E-state index contributed by atoms with van der Waals surface area (Å²) in [5, 5.41) is 11.4. The molecule has 21 heavy (non-hydrogen) atoms. The van der Waals surface area contributed by atoms with Crippen LogP contribution >= 0.6 is 0 Å². The summed E-state index contributed by atoms with van der Waals surface area (Å²) >= 11 is 0. The number of hydrogen-bond donors (Lipinski definition) is 0. The molecule has 2 aromatic rings. The summed E-state index contributed by atoms with van der Waals surface area (Å²) in [7, 11) is 0. The first-order valence-corrected chi connectivity index (χ1v) is 8.24. The van der Waals surface area contributed by atoms with E-state index in [0.29, 0.717) is 0 Å². The van der Waals surface area contributed by atoms with Gasteiger partial charge in [0, 0.05) is 0 Å². The number of hydrogen-bond acceptors (Lipinski definition) is 1. The van der Waals surface area contributed by atoms with Gasteiger partial charge >= 0.3 is 0 Å². The normalized spacial score (nSPS) is 22.1. The van der Waals surface area contributed by atoms with Crippen LogP contribution < -0.4 is 0 Å². The average molecular weight is 277 g/mol. The van der Waals surface area contributed by atoms with E-state index < -0.39 is 0 Å². The minimum absolute atomic E-state index is 0.734. The molecule has 0 amide bonds. The second-order valence-electron chi connectivity index (χ2n) is 6.44. The molecule has 0 aliphatic heterocycles. The zero-order valence-corrected chi connectivity index (χ0v) is 12.8. The van der Waals surface area contributed by atoms with E-state index in [9.17, 15) is 0 Å². The quantitative estimate of drug-likeness (QED) is 0.697. The molecule has 2 aromatic carbocycles. The molecule has 0 bridgehead atoms. The maximum atomic E-state index is 8.97. The van der Waals surface area contributed by atoms with Crippen LogP contribution in [0.4, 0.5) is 0 Å². The molecule has 0 heterocycles. The summed E-state index contributed by atoms with van der Waals surface area (Å²) in [6.45, 7) is 2.30. The fourth-order valence-electron chi connectivity index (χ4n) is 3.78. The largest absolute Gasteiger partial charge is 0.192 e. The van der Waals surface area contributed by atoms with Crippen LogP contribution in [0, 0.1) is 17.2 Å². The Balaban J connectivity index is 1.78. The maximum Gasteiger partial charge on any atom is 0.0991 e. The van der Waals surface area contributed by atoms with Crippen molar-refractivity contribution in [1.29, 1.82) is 5.26 Å². The first-order chi connectivity index (χ1) is 10.3. The molecular weight excluding hydrogens is 254 g/mol. The van der Waals surface area contributed by atoms with Gasteiger partial charge in [-0.25, -0.2) is 0 Å². The third kappa shape index (κ3) is 3.10. The SMILES string of the molecule is CCC[C@H]1CC[C@H](c2ccc3cc(C#N)ccc3c2)CC1. The van der Waals surface area contributed by atoms with Gasteiger partial charge in [0.05, 0.1) is 11.6 Å². The summed E-state index contributed by atoms with van der Waals surface area (Å²) < 4.78 is 0. The average Bonchev–Trinajstić information content (AvgIpc) is 2.55. The molecule has 0 atom stereocenters. The molecule has 3 rings (SSSR count). The van der Waals surface area contributed by atoms with Gasteiger partial charge in [0.15, 0.2) is 0 Å². The molecule has 1 saturated carbocycles. The molecule has 1 nitrogen and oxygen atoms in total. The van der Waals surface area contributed by atoms with Crippen LogP contribution in [0.5, 0.6) is 0 Å². The Morgan fingerprint density at radius 3 is 2.43 bits per heavy atom. The van der Waals surface area contributed by atoms with Gasteiger partial charge in [-0.1, -0.05) is 44.0 Å². The van der Waals surface area contributed by atoms with E-state index >= 15 is 0 Å². The van der Waals surface area contributed by atoms with E-state index in [1.54, 1.807) is 0 Å². The Hall–Kier alpha value is -1.81. The summed E-state index contributed by atoms with van der Waals surface area (Å²) in [6.07, 6.45) is 8.20. The summed E-state index contributed by atoms with van der Waals surface area (Å²) in [6, 6.07) is 15.0. The smallest absolute Gasteiger partial charge is 0.0991 e. The van der Waals surface area contributed by atoms with E-state index in [1.165, 1.54) is 54.9 Å². The Morgan fingerprint density at radius 2 is 1.71 bits per heavy atom. The van der Waals surface area contributed by atoms with E-state index in [-0.39, 0.29) is 0 Å². The van der Waals surface area contributed by atoms with Crippen molar-refractivity contribution in [1.82, 2.24) is 0 Å². The van der Waals surface area contributed by atoms with Crippen LogP contribution in [0.1, 0.15) is 62.5 Å². The van der Waals surface area contributed by atoms with Crippen molar-refractivity contribution in [3.8, 4) is 6.07 Å². The van der Waals surface area contributed by atoms with E-state index in [0.717, 1.165) is 17.4 Å². The van der Waals surface area contributed by atoms with E-state index in [1.807, 2.05) is 12.1 Å². The fraction of sp³-hybridized carbons (Fsp3) is 0.450. The molecule has 1 fully saturated rings. The molecule has 1 aliphatic carbocycles. The molecule has 108 valence electrons. The number of benzene rings is 2. The van der Waals surface area contributed by atoms with Crippen molar-refractivity contribution in [2.75, 3.05) is 0 Å². The monoisotopic (exact) mass is 277 g/mol. The third-order valence-electron chi connectivity index (χ3n) is 5.01. The van der Waals surface area contributed by atoms with Crippen LogP contribution in [0.3, 0.4) is 0 Å². The van der Waals surface area contributed by atoms with E-state index in [4.69, 9.17) is 5.26 Å². The molecule has 0 aromatic heterocycles. The molecule has 0 saturated heterocycles. The van der Waals surface area contributed by atoms with Gasteiger partial charge < -0.3 is 0 Å². The van der Waals surface area contributed by atoms with Crippen molar-refractivity contribution in [3.63, 3.8) is 0 Å². The highest BCUT2D eigenvalue weighted by Gasteiger charge is 2.21. The predicted octanol–water partition coefficient (Wildman–Crippen LogP) is 5.79. The molecule has 1 heteroatoms. The zero-order valence-electron chi connectivity index (χ0n) is 12.8. The van der Waals surface area contributed by atoms with Crippen LogP contribution in [-0.2, 0) is 0 Å². The standard InChI is InChI=1S/C20H23N/c1-2-3-15-4-7-17(8-5-15)19-11-10-18-12-16(14-21)6-9-20(18)13-19/h6,9-13,15,17H,2-5,7-8H2,1H3/t15-,17-. The second-order valence-corrected chi connectivity index (χ2v) is 6.44. The van der Waals surface area contributed by atoms with Gasteiger partial charge in [0.25, 0.3) is 0 Å². The number of rotatable bonds is 3. The van der Waals surface area contributed by atoms with Crippen molar-refractivity contribution in [2.45, 2.75) is 51.4 Å².